The minimum absolute atomic E-state index is 0.0141. The summed E-state index contributed by atoms with van der Waals surface area (Å²) in [6, 6.07) is 0. The van der Waals surface area contributed by atoms with E-state index in [2.05, 4.69) is 13.8 Å². The number of phosphoric ester groups is 1. The fraction of sp³-hybridized carbons (Fsp3) is 0.955. The van der Waals surface area contributed by atoms with Crippen LogP contribution in [0.3, 0.4) is 0 Å². The molecule has 4 atom stereocenters. The molecule has 56 heavy (non-hydrogen) atoms. The van der Waals surface area contributed by atoms with Crippen molar-refractivity contribution in [3.05, 3.63) is 0 Å². The van der Waals surface area contributed by atoms with Crippen LogP contribution >= 0.6 is 7.82 Å². The molecule has 11 nitrogen and oxygen atoms in total. The quantitative estimate of drug-likeness (QED) is 0.0235. The van der Waals surface area contributed by atoms with Gasteiger partial charge >= 0.3 is 19.8 Å². The lowest BCUT2D eigenvalue weighted by molar-refractivity contribution is -0.870. The van der Waals surface area contributed by atoms with Gasteiger partial charge in [-0.25, -0.2) is 4.57 Å². The zero-order chi connectivity index (χ0) is 41.8. The minimum Gasteiger partial charge on any atom is -0.462 e. The van der Waals surface area contributed by atoms with E-state index >= 15 is 0 Å². The molecule has 12 heteroatoms. The van der Waals surface area contributed by atoms with Gasteiger partial charge < -0.3 is 29.1 Å². The number of esters is 2. The number of rotatable bonds is 42. The zero-order valence-corrected chi connectivity index (χ0v) is 37.8. The summed E-state index contributed by atoms with van der Waals surface area (Å²) < 4.78 is 34.3. The van der Waals surface area contributed by atoms with E-state index in [9.17, 15) is 29.3 Å². The number of aliphatic hydroxyl groups excluding tert-OH is 2. The second-order valence-corrected chi connectivity index (χ2v) is 18.6. The SMILES string of the molecule is CCCCCCCCCCCCCCCCCC(=O)OCC(COP(=O)(O)OCC[N+](C)(C)C)OC(=O)CCCCCCCCCC(O)C(O)CCCCCC. The van der Waals surface area contributed by atoms with E-state index in [1.165, 1.54) is 83.5 Å². The molecule has 0 bridgehead atoms. The van der Waals surface area contributed by atoms with Gasteiger partial charge in [-0.1, -0.05) is 168 Å². The largest absolute Gasteiger partial charge is 0.472 e. The molecule has 334 valence electrons. The average molecular weight is 823 g/mol. The lowest BCUT2D eigenvalue weighted by atomic mass is 10.00. The normalized spacial score (nSPS) is 14.6. The van der Waals surface area contributed by atoms with Gasteiger partial charge in [-0.2, -0.15) is 0 Å². The van der Waals surface area contributed by atoms with Gasteiger partial charge in [-0.05, 0) is 25.7 Å². The lowest BCUT2D eigenvalue weighted by Crippen LogP contribution is -2.37. The Hall–Kier alpha value is -1.07. The highest BCUT2D eigenvalue weighted by molar-refractivity contribution is 7.47. The Kier molecular flexibility index (Phi) is 36.3. The molecule has 0 aromatic rings. The van der Waals surface area contributed by atoms with Crippen molar-refractivity contribution in [2.45, 2.75) is 225 Å². The van der Waals surface area contributed by atoms with E-state index in [0.29, 0.717) is 30.3 Å². The average Bonchev–Trinajstić information content (AvgIpc) is 3.14. The Labute approximate surface area is 343 Å². The Bertz CT molecular complexity index is 963. The molecule has 0 aliphatic carbocycles. The second-order valence-electron chi connectivity index (χ2n) is 17.1. The first-order chi connectivity index (χ1) is 26.8. The summed E-state index contributed by atoms with van der Waals surface area (Å²) >= 11 is 0. The Morgan fingerprint density at radius 2 is 0.911 bits per heavy atom. The number of ether oxygens (including phenoxy) is 2. The maximum absolute atomic E-state index is 12.7. The summed E-state index contributed by atoms with van der Waals surface area (Å²) in [6.07, 6.45) is 28.9. The summed E-state index contributed by atoms with van der Waals surface area (Å²) in [5.41, 5.74) is 0. The zero-order valence-electron chi connectivity index (χ0n) is 36.9. The van der Waals surface area contributed by atoms with Crippen LogP contribution in [-0.4, -0.2) is 97.3 Å². The van der Waals surface area contributed by atoms with Crippen molar-refractivity contribution in [3.63, 3.8) is 0 Å². The molecule has 0 aliphatic heterocycles. The van der Waals surface area contributed by atoms with Crippen molar-refractivity contribution in [2.75, 3.05) is 47.5 Å². The maximum Gasteiger partial charge on any atom is 0.472 e. The molecule has 0 aromatic carbocycles. The van der Waals surface area contributed by atoms with Gasteiger partial charge in [0.2, 0.25) is 0 Å². The lowest BCUT2D eigenvalue weighted by Gasteiger charge is -2.24. The van der Waals surface area contributed by atoms with E-state index in [-0.39, 0.29) is 32.0 Å². The predicted molar refractivity (Wildman–Crippen MR) is 227 cm³/mol. The van der Waals surface area contributed by atoms with Gasteiger partial charge in [0, 0.05) is 12.8 Å². The molecule has 4 unspecified atom stereocenters. The maximum atomic E-state index is 12.7. The van der Waals surface area contributed by atoms with Gasteiger partial charge in [0.15, 0.2) is 6.10 Å². The van der Waals surface area contributed by atoms with E-state index in [1.54, 1.807) is 0 Å². The summed E-state index contributed by atoms with van der Waals surface area (Å²) in [7, 11) is 1.42. The fourth-order valence-corrected chi connectivity index (χ4v) is 7.32. The Morgan fingerprint density at radius 1 is 0.536 bits per heavy atom. The highest BCUT2D eigenvalue weighted by Gasteiger charge is 2.27. The smallest absolute Gasteiger partial charge is 0.462 e. The first-order valence-electron chi connectivity index (χ1n) is 22.9. The standard InChI is InChI=1S/C44H88NO10P/c1-6-8-10-12-13-14-15-16-17-18-19-20-23-26-30-34-43(48)52-38-40(39-54-56(50,51)53-37-36-45(3,4)5)55-44(49)35-31-27-24-21-22-25-29-33-42(47)41(46)32-28-11-9-7-2/h40-42,46-47H,6-39H2,1-5H3/p+1. The summed E-state index contributed by atoms with van der Waals surface area (Å²) in [6.45, 7) is 4.23. The predicted octanol–water partition coefficient (Wildman–Crippen LogP) is 10.7. The van der Waals surface area contributed by atoms with Crippen LogP contribution in [0.1, 0.15) is 206 Å². The number of nitrogens with zero attached hydrogens (tertiary/aromatic N) is 1. The van der Waals surface area contributed by atoms with Gasteiger partial charge in [0.25, 0.3) is 0 Å². The van der Waals surface area contributed by atoms with Gasteiger partial charge in [0.1, 0.15) is 19.8 Å². The van der Waals surface area contributed by atoms with Crippen LogP contribution in [0, 0.1) is 0 Å². The molecule has 0 spiro atoms. The van der Waals surface area contributed by atoms with E-state index in [4.69, 9.17) is 18.5 Å². The highest BCUT2D eigenvalue weighted by Crippen LogP contribution is 2.43. The molecule has 0 fully saturated rings. The number of phosphoric acid groups is 1. The van der Waals surface area contributed by atoms with Crippen LogP contribution in [0.2, 0.25) is 0 Å². The van der Waals surface area contributed by atoms with Crippen LogP contribution in [0.25, 0.3) is 0 Å². The number of unbranched alkanes of at least 4 members (excludes halogenated alkanes) is 23. The van der Waals surface area contributed by atoms with Crippen molar-refractivity contribution in [1.29, 1.82) is 0 Å². The molecule has 0 heterocycles. The first-order valence-corrected chi connectivity index (χ1v) is 24.4. The third-order valence-corrected chi connectivity index (χ3v) is 11.3. The van der Waals surface area contributed by atoms with Crippen molar-refractivity contribution in [1.82, 2.24) is 0 Å². The molecular formula is C44H89NO10P+. The number of carbonyl (C=O) groups is 2. The van der Waals surface area contributed by atoms with Crippen molar-refractivity contribution < 1.29 is 52.3 Å². The first kappa shape index (κ1) is 54.9. The highest BCUT2D eigenvalue weighted by atomic mass is 31.2. The summed E-state index contributed by atoms with van der Waals surface area (Å²) in [5, 5.41) is 20.4. The van der Waals surface area contributed by atoms with Crippen LogP contribution < -0.4 is 0 Å². The van der Waals surface area contributed by atoms with Crippen molar-refractivity contribution >= 4 is 19.8 Å². The molecule has 0 saturated heterocycles. The molecule has 0 amide bonds. The number of quaternary nitrogens is 1. The number of carbonyl (C=O) groups excluding carboxylic acids is 2. The van der Waals surface area contributed by atoms with Crippen LogP contribution in [0.4, 0.5) is 0 Å². The molecular weight excluding hydrogens is 733 g/mol. The van der Waals surface area contributed by atoms with E-state index in [0.717, 1.165) is 77.0 Å². The van der Waals surface area contributed by atoms with Crippen molar-refractivity contribution in [2.24, 2.45) is 0 Å². The molecule has 0 aromatic heterocycles. The van der Waals surface area contributed by atoms with Gasteiger partial charge in [0.05, 0.1) is 40.0 Å². The fourth-order valence-electron chi connectivity index (χ4n) is 6.58. The second kappa shape index (κ2) is 37.0. The van der Waals surface area contributed by atoms with E-state index < -0.39 is 38.7 Å². The third kappa shape index (κ3) is 38.4. The number of hydrogen-bond acceptors (Lipinski definition) is 9. The topological polar surface area (TPSA) is 149 Å². The van der Waals surface area contributed by atoms with Crippen LogP contribution in [-0.2, 0) is 32.7 Å². The summed E-state index contributed by atoms with van der Waals surface area (Å²) in [4.78, 5) is 35.4. The summed E-state index contributed by atoms with van der Waals surface area (Å²) in [5.74, 6) is -0.863. The van der Waals surface area contributed by atoms with Crippen LogP contribution in [0.5, 0.6) is 0 Å². The third-order valence-electron chi connectivity index (χ3n) is 10.3. The number of aliphatic hydroxyl groups is 2. The molecule has 3 N–H and O–H groups in total. The molecule has 0 aliphatic rings. The van der Waals surface area contributed by atoms with E-state index in [1.807, 2.05) is 21.1 Å². The minimum atomic E-state index is -4.40. The Balaban J connectivity index is 4.38. The van der Waals surface area contributed by atoms with Gasteiger partial charge in [-0.3, -0.25) is 18.6 Å². The Morgan fingerprint density at radius 3 is 1.34 bits per heavy atom. The molecule has 0 rings (SSSR count). The molecule has 0 saturated carbocycles. The number of likely N-dealkylation sites (N-methyl/N-ethyl adjacent to an activating group) is 1. The number of hydrogen-bond donors (Lipinski definition) is 3. The van der Waals surface area contributed by atoms with Gasteiger partial charge in [-0.15, -0.1) is 0 Å². The monoisotopic (exact) mass is 823 g/mol. The van der Waals surface area contributed by atoms with Crippen LogP contribution in [0.15, 0.2) is 0 Å². The van der Waals surface area contributed by atoms with Crippen molar-refractivity contribution in [3.8, 4) is 0 Å². The molecule has 0 radical (unpaired) electrons.